The monoisotopic (exact) mass is 368 g/mol. The van der Waals surface area contributed by atoms with Gasteiger partial charge >= 0.3 is 5.97 Å². The zero-order chi connectivity index (χ0) is 20.0. The lowest BCUT2D eigenvalue weighted by Gasteiger charge is -2.21. The number of nitrogens with one attached hydrogen (secondary N) is 1. The molecule has 0 heterocycles. The number of benzene rings is 2. The molecule has 0 aliphatic carbocycles. The van der Waals surface area contributed by atoms with Gasteiger partial charge in [-0.15, -0.1) is 0 Å². The largest absolute Gasteiger partial charge is 0.451 e. The third-order valence-corrected chi connectivity index (χ3v) is 4.01. The Morgan fingerprint density at radius 2 is 1.63 bits per heavy atom. The van der Waals surface area contributed by atoms with E-state index in [0.29, 0.717) is 11.3 Å². The predicted molar refractivity (Wildman–Crippen MR) is 104 cm³/mol. The summed E-state index contributed by atoms with van der Waals surface area (Å²) in [6.45, 7) is 4.99. The van der Waals surface area contributed by atoms with Gasteiger partial charge in [0.2, 0.25) is 0 Å². The van der Waals surface area contributed by atoms with Crippen LogP contribution in [0.1, 0.15) is 28.4 Å². The van der Waals surface area contributed by atoms with Gasteiger partial charge in [-0.2, -0.15) is 0 Å². The Kier molecular flexibility index (Phi) is 6.71. The van der Waals surface area contributed by atoms with E-state index in [1.807, 2.05) is 38.1 Å². The lowest BCUT2D eigenvalue weighted by atomic mass is 10.1. The van der Waals surface area contributed by atoms with E-state index in [0.717, 1.165) is 11.1 Å². The lowest BCUT2D eigenvalue weighted by molar-refractivity contribution is -0.152. The van der Waals surface area contributed by atoms with Crippen molar-refractivity contribution in [1.29, 1.82) is 0 Å². The van der Waals surface area contributed by atoms with Gasteiger partial charge < -0.3 is 15.0 Å². The summed E-state index contributed by atoms with van der Waals surface area (Å²) in [6, 6.07) is 14.5. The van der Waals surface area contributed by atoms with E-state index >= 15 is 0 Å². The number of carbonyl (C=O) groups excluding carboxylic acids is 3. The number of amides is 2. The van der Waals surface area contributed by atoms with Crippen molar-refractivity contribution >= 4 is 23.5 Å². The van der Waals surface area contributed by atoms with Gasteiger partial charge in [-0.05, 0) is 45.0 Å². The number of likely N-dealkylation sites (N-methyl/N-ethyl adjacent to an activating group) is 1. The summed E-state index contributed by atoms with van der Waals surface area (Å²) in [5.74, 6) is -1.38. The van der Waals surface area contributed by atoms with Crippen LogP contribution in [0.25, 0.3) is 0 Å². The van der Waals surface area contributed by atoms with E-state index in [1.54, 1.807) is 31.3 Å². The van der Waals surface area contributed by atoms with E-state index in [9.17, 15) is 14.4 Å². The van der Waals surface area contributed by atoms with Gasteiger partial charge in [-0.1, -0.05) is 35.4 Å². The molecule has 0 bridgehead atoms. The highest BCUT2D eigenvalue weighted by atomic mass is 16.5. The first-order valence-corrected chi connectivity index (χ1v) is 8.66. The van der Waals surface area contributed by atoms with Crippen LogP contribution in [-0.2, 0) is 14.3 Å². The van der Waals surface area contributed by atoms with Crippen LogP contribution < -0.4 is 10.2 Å². The fourth-order valence-corrected chi connectivity index (χ4v) is 2.70. The smallest absolute Gasteiger partial charge is 0.326 e. The summed E-state index contributed by atoms with van der Waals surface area (Å²) in [6.07, 6.45) is -0.958. The predicted octanol–water partition coefficient (Wildman–Crippen LogP) is 2.63. The summed E-state index contributed by atoms with van der Waals surface area (Å²) < 4.78 is 5.14. The lowest BCUT2D eigenvalue weighted by Crippen LogP contribution is -2.39. The fraction of sp³-hybridized carbons (Fsp3) is 0.286. The van der Waals surface area contributed by atoms with Gasteiger partial charge in [0.25, 0.3) is 11.8 Å². The minimum absolute atomic E-state index is 0.307. The van der Waals surface area contributed by atoms with Crippen LogP contribution in [0, 0.1) is 13.8 Å². The van der Waals surface area contributed by atoms with Crippen LogP contribution in [0.5, 0.6) is 0 Å². The first kappa shape index (κ1) is 20.2. The zero-order valence-electron chi connectivity index (χ0n) is 16.0. The fourth-order valence-electron chi connectivity index (χ4n) is 2.70. The van der Waals surface area contributed by atoms with Crippen molar-refractivity contribution < 1.29 is 19.1 Å². The molecular formula is C21H24N2O4. The molecule has 1 N–H and O–H groups in total. The molecule has 2 amide bonds. The van der Waals surface area contributed by atoms with E-state index in [-0.39, 0.29) is 18.4 Å². The Hall–Kier alpha value is -3.15. The topological polar surface area (TPSA) is 75.7 Å². The highest BCUT2D eigenvalue weighted by Gasteiger charge is 2.22. The van der Waals surface area contributed by atoms with E-state index < -0.39 is 12.1 Å². The van der Waals surface area contributed by atoms with Gasteiger partial charge in [0.15, 0.2) is 6.10 Å². The summed E-state index contributed by atoms with van der Waals surface area (Å²) in [5, 5.41) is 2.52. The normalized spacial score (nSPS) is 11.4. The second-order valence-electron chi connectivity index (χ2n) is 6.42. The molecule has 0 aromatic heterocycles. The SMILES string of the molecule is Cc1cc(C)cc(C(=O)NCC(=O)O[C@@H](C)C(=O)N(C)c2ccccc2)c1. The number of aryl methyl sites for hydroxylation is 2. The zero-order valence-corrected chi connectivity index (χ0v) is 16.0. The van der Waals surface area contributed by atoms with Crippen molar-refractivity contribution in [1.82, 2.24) is 5.32 Å². The standard InChI is InChI=1S/C21H24N2O4/c1-14-10-15(2)12-17(11-14)20(25)22-13-19(24)27-16(3)21(26)23(4)18-8-6-5-7-9-18/h5-12,16H,13H2,1-4H3,(H,22,25)/t16-/m0/s1. The minimum atomic E-state index is -0.958. The number of carbonyl (C=O) groups is 3. The number of rotatable bonds is 6. The molecule has 0 aliphatic rings. The second-order valence-corrected chi connectivity index (χ2v) is 6.42. The van der Waals surface area contributed by atoms with E-state index in [1.165, 1.54) is 11.8 Å². The number of hydrogen-bond acceptors (Lipinski definition) is 4. The molecule has 27 heavy (non-hydrogen) atoms. The maximum Gasteiger partial charge on any atom is 0.326 e. The van der Waals surface area contributed by atoms with Crippen molar-refractivity contribution in [2.75, 3.05) is 18.5 Å². The summed E-state index contributed by atoms with van der Waals surface area (Å²) in [5.41, 5.74) is 3.11. The highest BCUT2D eigenvalue weighted by molar-refractivity contribution is 5.98. The Bertz CT molecular complexity index is 813. The molecule has 0 saturated heterocycles. The molecule has 2 aromatic carbocycles. The Labute approximate surface area is 159 Å². The summed E-state index contributed by atoms with van der Waals surface area (Å²) in [4.78, 5) is 37.9. The Balaban J connectivity index is 1.87. The van der Waals surface area contributed by atoms with Crippen LogP contribution in [0.3, 0.4) is 0 Å². The maximum atomic E-state index is 12.4. The number of esters is 1. The van der Waals surface area contributed by atoms with Crippen LogP contribution in [-0.4, -0.2) is 37.5 Å². The Morgan fingerprint density at radius 3 is 2.22 bits per heavy atom. The average molecular weight is 368 g/mol. The summed E-state index contributed by atoms with van der Waals surface area (Å²) >= 11 is 0. The van der Waals surface area contributed by atoms with Gasteiger partial charge in [0.05, 0.1) is 0 Å². The molecule has 2 rings (SSSR count). The Morgan fingerprint density at radius 1 is 1.04 bits per heavy atom. The van der Waals surface area contributed by atoms with Crippen molar-refractivity contribution in [3.8, 4) is 0 Å². The van der Waals surface area contributed by atoms with Gasteiger partial charge in [-0.3, -0.25) is 14.4 Å². The maximum absolute atomic E-state index is 12.4. The summed E-state index contributed by atoms with van der Waals surface area (Å²) in [7, 11) is 1.61. The third kappa shape index (κ3) is 5.67. The van der Waals surface area contributed by atoms with E-state index in [4.69, 9.17) is 4.74 Å². The van der Waals surface area contributed by atoms with E-state index in [2.05, 4.69) is 5.32 Å². The van der Waals surface area contributed by atoms with Crippen LogP contribution in [0.15, 0.2) is 48.5 Å². The molecule has 2 aromatic rings. The number of ether oxygens (including phenoxy) is 1. The molecule has 1 atom stereocenters. The first-order valence-electron chi connectivity index (χ1n) is 8.66. The molecule has 0 radical (unpaired) electrons. The molecule has 0 fully saturated rings. The molecule has 0 saturated carbocycles. The first-order chi connectivity index (χ1) is 12.8. The molecule has 6 heteroatoms. The van der Waals surface area contributed by atoms with Crippen molar-refractivity contribution in [2.45, 2.75) is 26.9 Å². The van der Waals surface area contributed by atoms with Crippen LogP contribution in [0.2, 0.25) is 0 Å². The van der Waals surface area contributed by atoms with Gasteiger partial charge in [-0.25, -0.2) is 0 Å². The number of hydrogen-bond donors (Lipinski definition) is 1. The van der Waals surface area contributed by atoms with Crippen LogP contribution >= 0.6 is 0 Å². The molecule has 0 spiro atoms. The number of anilines is 1. The molecule has 0 aliphatic heterocycles. The van der Waals surface area contributed by atoms with Crippen molar-refractivity contribution in [3.05, 3.63) is 65.2 Å². The third-order valence-electron chi connectivity index (χ3n) is 4.01. The number of nitrogens with zero attached hydrogens (tertiary/aromatic N) is 1. The van der Waals surface area contributed by atoms with Crippen molar-refractivity contribution in [3.63, 3.8) is 0 Å². The molecule has 0 unspecified atom stereocenters. The van der Waals surface area contributed by atoms with Crippen LogP contribution in [0.4, 0.5) is 5.69 Å². The van der Waals surface area contributed by atoms with Gasteiger partial charge in [0, 0.05) is 18.3 Å². The average Bonchev–Trinajstić information content (AvgIpc) is 2.64. The quantitative estimate of drug-likeness (QED) is 0.796. The van der Waals surface area contributed by atoms with Gasteiger partial charge in [0.1, 0.15) is 6.54 Å². The van der Waals surface area contributed by atoms with Crippen molar-refractivity contribution in [2.24, 2.45) is 0 Å². The minimum Gasteiger partial charge on any atom is -0.451 e. The second kappa shape index (κ2) is 8.98. The molecular weight excluding hydrogens is 344 g/mol. The molecule has 142 valence electrons. The highest BCUT2D eigenvalue weighted by Crippen LogP contribution is 2.13. The number of para-hydroxylation sites is 1. The molecule has 6 nitrogen and oxygen atoms in total.